The second-order valence-corrected chi connectivity index (χ2v) is 10.7. The Morgan fingerprint density at radius 3 is 2.05 bits per heavy atom. The molecule has 188 valence electrons. The van der Waals surface area contributed by atoms with Gasteiger partial charge in [0.1, 0.15) is 11.9 Å². The quantitative estimate of drug-likeness (QED) is 0.237. The Morgan fingerprint density at radius 1 is 0.650 bits per heavy atom. The number of para-hydroxylation sites is 1. The number of benzene rings is 5. The minimum Gasteiger partial charge on any atom is -0.485 e. The molecule has 2 heteroatoms. The third-order valence-electron chi connectivity index (χ3n) is 8.69. The van der Waals surface area contributed by atoms with Crippen LogP contribution in [0.2, 0.25) is 0 Å². The Hall–Kier alpha value is -5.13. The van der Waals surface area contributed by atoms with E-state index in [4.69, 9.17) is 4.74 Å². The van der Waals surface area contributed by atoms with Gasteiger partial charge in [0.05, 0.1) is 17.0 Å². The maximum absolute atomic E-state index is 9.22. The SMILES string of the molecule is N#Cc1ccc(-c2cccc(-c3cccc4c3OC3CC=CC=C3C43c4ccccc4-c4ccccc43)c2)cc1. The van der Waals surface area contributed by atoms with Crippen molar-refractivity contribution in [3.63, 3.8) is 0 Å². The van der Waals surface area contributed by atoms with E-state index in [0.717, 1.165) is 34.4 Å². The molecule has 1 atom stereocenters. The summed E-state index contributed by atoms with van der Waals surface area (Å²) in [7, 11) is 0. The lowest BCUT2D eigenvalue weighted by molar-refractivity contribution is 0.206. The molecule has 2 nitrogen and oxygen atoms in total. The van der Waals surface area contributed by atoms with Crippen LogP contribution in [-0.4, -0.2) is 6.10 Å². The molecule has 8 rings (SSSR count). The van der Waals surface area contributed by atoms with E-state index in [2.05, 4.69) is 115 Å². The van der Waals surface area contributed by atoms with Gasteiger partial charge in [-0.1, -0.05) is 115 Å². The molecule has 3 aliphatic rings. The van der Waals surface area contributed by atoms with Crippen LogP contribution in [0.15, 0.2) is 139 Å². The summed E-state index contributed by atoms with van der Waals surface area (Å²) in [5.41, 5.74) is 12.4. The van der Waals surface area contributed by atoms with E-state index in [9.17, 15) is 5.26 Å². The third-order valence-corrected chi connectivity index (χ3v) is 8.69. The molecule has 1 spiro atoms. The summed E-state index contributed by atoms with van der Waals surface area (Å²) in [6, 6.07) is 43.0. The van der Waals surface area contributed by atoms with Crippen LogP contribution in [0.5, 0.6) is 5.75 Å². The standard InChI is InChI=1S/C38H25NO/c39-24-25-19-21-26(22-20-25)27-9-7-10-28(23-27)29-13-8-17-35-37(29)40-36-18-6-5-16-34(36)38(35)32-14-3-1-11-30(32)31-12-2-4-15-33(31)38/h1-17,19-23,36H,18H2. The maximum atomic E-state index is 9.22. The summed E-state index contributed by atoms with van der Waals surface area (Å²) in [6.07, 6.45) is 7.49. The highest BCUT2D eigenvalue weighted by molar-refractivity contribution is 5.89. The topological polar surface area (TPSA) is 33.0 Å². The van der Waals surface area contributed by atoms with Crippen molar-refractivity contribution >= 4 is 0 Å². The van der Waals surface area contributed by atoms with Gasteiger partial charge < -0.3 is 4.74 Å². The molecule has 5 aromatic rings. The normalized spacial score (nSPS) is 17.1. The van der Waals surface area contributed by atoms with Gasteiger partial charge in [0.15, 0.2) is 0 Å². The van der Waals surface area contributed by atoms with Crippen molar-refractivity contribution in [3.05, 3.63) is 161 Å². The summed E-state index contributed by atoms with van der Waals surface area (Å²) in [5.74, 6) is 0.962. The lowest BCUT2D eigenvalue weighted by Gasteiger charge is -2.45. The summed E-state index contributed by atoms with van der Waals surface area (Å²) < 4.78 is 6.96. The van der Waals surface area contributed by atoms with Gasteiger partial charge in [-0.2, -0.15) is 5.26 Å². The van der Waals surface area contributed by atoms with E-state index in [1.54, 1.807) is 0 Å². The first-order valence-corrected chi connectivity index (χ1v) is 13.8. The summed E-state index contributed by atoms with van der Waals surface area (Å²) in [5, 5.41) is 9.22. The molecule has 0 saturated carbocycles. The number of ether oxygens (including phenoxy) is 1. The van der Waals surface area contributed by atoms with Crippen molar-refractivity contribution in [2.45, 2.75) is 17.9 Å². The number of hydrogen-bond acceptors (Lipinski definition) is 2. The van der Waals surface area contributed by atoms with Crippen molar-refractivity contribution < 1.29 is 4.74 Å². The van der Waals surface area contributed by atoms with Crippen LogP contribution in [-0.2, 0) is 5.41 Å². The Morgan fingerprint density at radius 2 is 1.30 bits per heavy atom. The molecule has 0 saturated heterocycles. The molecular weight excluding hydrogens is 486 g/mol. The molecule has 1 unspecified atom stereocenters. The van der Waals surface area contributed by atoms with Crippen LogP contribution in [0.25, 0.3) is 33.4 Å². The van der Waals surface area contributed by atoms with Crippen molar-refractivity contribution in [3.8, 4) is 45.2 Å². The first kappa shape index (κ1) is 22.8. The number of rotatable bonds is 2. The van der Waals surface area contributed by atoms with Crippen LogP contribution >= 0.6 is 0 Å². The lowest BCUT2D eigenvalue weighted by atomic mass is 9.62. The molecule has 0 bridgehead atoms. The van der Waals surface area contributed by atoms with Crippen molar-refractivity contribution in [1.29, 1.82) is 5.26 Å². The largest absolute Gasteiger partial charge is 0.485 e. The van der Waals surface area contributed by atoms with E-state index < -0.39 is 5.41 Å². The van der Waals surface area contributed by atoms with Gasteiger partial charge in [-0.25, -0.2) is 0 Å². The zero-order valence-electron chi connectivity index (χ0n) is 21.8. The Kier molecular flexibility index (Phi) is 4.96. The Balaban J connectivity index is 1.38. The number of nitriles is 1. The average Bonchev–Trinajstić information content (AvgIpc) is 3.32. The molecule has 0 amide bonds. The Labute approximate surface area is 234 Å². The summed E-state index contributed by atoms with van der Waals surface area (Å²) in [4.78, 5) is 0. The van der Waals surface area contributed by atoms with Crippen LogP contribution < -0.4 is 4.74 Å². The predicted octanol–water partition coefficient (Wildman–Crippen LogP) is 8.85. The maximum Gasteiger partial charge on any atom is 0.132 e. The Bertz CT molecular complexity index is 1870. The average molecular weight is 512 g/mol. The van der Waals surface area contributed by atoms with Gasteiger partial charge in [0.2, 0.25) is 0 Å². The number of fused-ring (bicyclic) bond motifs is 9. The van der Waals surface area contributed by atoms with Gasteiger partial charge in [-0.3, -0.25) is 0 Å². The van der Waals surface area contributed by atoms with Crippen molar-refractivity contribution in [2.75, 3.05) is 0 Å². The molecule has 0 fully saturated rings. The monoisotopic (exact) mass is 511 g/mol. The lowest BCUT2D eigenvalue weighted by Crippen LogP contribution is -2.42. The molecule has 0 aromatic heterocycles. The number of nitrogens with zero attached hydrogens (tertiary/aromatic N) is 1. The molecule has 40 heavy (non-hydrogen) atoms. The smallest absolute Gasteiger partial charge is 0.132 e. The van der Waals surface area contributed by atoms with Crippen molar-refractivity contribution in [1.82, 2.24) is 0 Å². The first-order valence-electron chi connectivity index (χ1n) is 13.8. The highest BCUT2D eigenvalue weighted by Crippen LogP contribution is 2.62. The van der Waals surface area contributed by atoms with Gasteiger partial charge in [0, 0.05) is 17.5 Å². The number of allylic oxidation sites excluding steroid dienone is 2. The zero-order chi connectivity index (χ0) is 26.7. The van der Waals surface area contributed by atoms with Crippen LogP contribution in [0, 0.1) is 11.3 Å². The summed E-state index contributed by atoms with van der Waals surface area (Å²) in [6.45, 7) is 0. The van der Waals surface area contributed by atoms with Crippen LogP contribution in [0.4, 0.5) is 0 Å². The fraction of sp³-hybridized carbons (Fsp3) is 0.0789. The van der Waals surface area contributed by atoms with Crippen LogP contribution in [0.1, 0.15) is 28.7 Å². The van der Waals surface area contributed by atoms with E-state index in [-0.39, 0.29) is 6.10 Å². The number of hydrogen-bond donors (Lipinski definition) is 0. The van der Waals surface area contributed by atoms with E-state index in [1.807, 2.05) is 24.3 Å². The van der Waals surface area contributed by atoms with Gasteiger partial charge >= 0.3 is 0 Å². The van der Waals surface area contributed by atoms with Crippen molar-refractivity contribution in [2.24, 2.45) is 0 Å². The second kappa shape index (κ2) is 8.70. The molecule has 0 N–H and O–H groups in total. The molecular formula is C38H25NO. The molecule has 1 aliphatic heterocycles. The van der Waals surface area contributed by atoms with E-state index in [0.29, 0.717) is 5.56 Å². The van der Waals surface area contributed by atoms with Gasteiger partial charge in [-0.15, -0.1) is 0 Å². The molecule has 0 radical (unpaired) electrons. The summed E-state index contributed by atoms with van der Waals surface area (Å²) >= 11 is 0. The van der Waals surface area contributed by atoms with Gasteiger partial charge in [-0.05, 0) is 62.7 Å². The third kappa shape index (κ3) is 3.09. The second-order valence-electron chi connectivity index (χ2n) is 10.7. The molecule has 1 heterocycles. The van der Waals surface area contributed by atoms with Crippen LogP contribution in [0.3, 0.4) is 0 Å². The highest BCUT2D eigenvalue weighted by Gasteiger charge is 2.53. The fourth-order valence-corrected chi connectivity index (χ4v) is 7.01. The predicted molar refractivity (Wildman–Crippen MR) is 160 cm³/mol. The van der Waals surface area contributed by atoms with E-state index in [1.165, 1.54) is 33.4 Å². The molecule has 2 aliphatic carbocycles. The zero-order valence-corrected chi connectivity index (χ0v) is 21.8. The van der Waals surface area contributed by atoms with Gasteiger partial charge in [0.25, 0.3) is 0 Å². The highest BCUT2D eigenvalue weighted by atomic mass is 16.5. The molecule has 5 aromatic carbocycles. The minimum absolute atomic E-state index is 0.0421. The fourth-order valence-electron chi connectivity index (χ4n) is 7.01. The first-order chi connectivity index (χ1) is 19.8. The van der Waals surface area contributed by atoms with E-state index >= 15 is 0 Å². The minimum atomic E-state index is -0.406.